The van der Waals surface area contributed by atoms with Crippen molar-refractivity contribution in [2.45, 2.75) is 18.9 Å². The summed E-state index contributed by atoms with van der Waals surface area (Å²) in [5.41, 5.74) is 4.25. The molecule has 2 aromatic carbocycles. The quantitative estimate of drug-likeness (QED) is 0.426. The summed E-state index contributed by atoms with van der Waals surface area (Å²) in [4.78, 5) is 44.5. The highest BCUT2D eigenvalue weighted by Crippen LogP contribution is 2.26. The summed E-state index contributed by atoms with van der Waals surface area (Å²) < 4.78 is 0. The number of piperazine rings is 1. The molecule has 0 bridgehead atoms. The molecular weight excluding hydrogens is 488 g/mol. The minimum absolute atomic E-state index is 0.0315. The second-order valence-electron chi connectivity index (χ2n) is 10.1. The minimum Gasteiger partial charge on any atom is -0.341 e. The number of imidazole rings is 1. The second kappa shape index (κ2) is 11.2. The predicted octanol–water partition coefficient (Wildman–Crippen LogP) is 4.20. The zero-order valence-corrected chi connectivity index (χ0v) is 21.9. The summed E-state index contributed by atoms with van der Waals surface area (Å²) in [5.74, 6) is 0.420. The Balaban J connectivity index is 1.12. The summed E-state index contributed by atoms with van der Waals surface area (Å²) in [6.07, 6.45) is 5.16. The van der Waals surface area contributed by atoms with Crippen LogP contribution in [-0.2, 0) is 0 Å². The number of hydrogen-bond donors (Lipinski definition) is 1. The summed E-state index contributed by atoms with van der Waals surface area (Å²) in [5, 5.41) is 0. The van der Waals surface area contributed by atoms with Crippen LogP contribution in [0.3, 0.4) is 0 Å². The van der Waals surface area contributed by atoms with Crippen molar-refractivity contribution in [3.05, 3.63) is 96.6 Å². The zero-order chi connectivity index (χ0) is 26.6. The molecule has 1 N–H and O–H groups in total. The number of amides is 2. The van der Waals surface area contributed by atoms with Crippen LogP contribution in [0.25, 0.3) is 22.5 Å². The Morgan fingerprint density at radius 3 is 1.82 bits per heavy atom. The summed E-state index contributed by atoms with van der Waals surface area (Å²) in [6, 6.07) is 24.3. The third-order valence-corrected chi connectivity index (χ3v) is 7.78. The highest BCUT2D eigenvalue weighted by Gasteiger charge is 2.31. The molecule has 2 aliphatic heterocycles. The van der Waals surface area contributed by atoms with E-state index in [1.54, 1.807) is 12.4 Å². The number of nitrogens with one attached hydrogen (secondary N) is 1. The highest BCUT2D eigenvalue weighted by atomic mass is 16.2. The van der Waals surface area contributed by atoms with E-state index in [2.05, 4.69) is 14.9 Å². The number of rotatable bonds is 5. The van der Waals surface area contributed by atoms with Gasteiger partial charge in [0.25, 0.3) is 11.8 Å². The number of piperidine rings is 1. The molecular formula is C31H32N6O2. The molecule has 8 nitrogen and oxygen atoms in total. The van der Waals surface area contributed by atoms with E-state index in [0.717, 1.165) is 61.5 Å². The smallest absolute Gasteiger partial charge is 0.289 e. The number of aromatic amines is 1. The van der Waals surface area contributed by atoms with Crippen LogP contribution in [0.5, 0.6) is 0 Å². The first kappa shape index (κ1) is 25.0. The SMILES string of the molecule is O=C(c1cc(-c2ccccc2)nc(-c2ccccc2)c1)N1CCN(C2CCN(C(=O)c3ncc[nH]3)CC2)CC1. The number of H-pyrrole nitrogens is 1. The Hall–Kier alpha value is -4.30. The molecule has 2 amide bonds. The maximum Gasteiger partial charge on any atom is 0.289 e. The number of hydrogen-bond acceptors (Lipinski definition) is 5. The van der Waals surface area contributed by atoms with Gasteiger partial charge in [0.15, 0.2) is 5.82 Å². The average molecular weight is 521 g/mol. The van der Waals surface area contributed by atoms with E-state index in [1.165, 1.54) is 0 Å². The van der Waals surface area contributed by atoms with Gasteiger partial charge in [0.2, 0.25) is 0 Å². The summed E-state index contributed by atoms with van der Waals surface area (Å²) in [6.45, 7) is 4.51. The molecule has 4 aromatic rings. The van der Waals surface area contributed by atoms with Gasteiger partial charge in [0, 0.05) is 74.4 Å². The second-order valence-corrected chi connectivity index (χ2v) is 10.1. The zero-order valence-electron chi connectivity index (χ0n) is 21.9. The molecule has 8 heteroatoms. The van der Waals surface area contributed by atoms with E-state index in [4.69, 9.17) is 4.98 Å². The van der Waals surface area contributed by atoms with E-state index >= 15 is 0 Å². The number of pyridine rings is 1. The molecule has 0 atom stereocenters. The molecule has 39 heavy (non-hydrogen) atoms. The number of nitrogens with zero attached hydrogens (tertiary/aromatic N) is 5. The Morgan fingerprint density at radius 2 is 1.28 bits per heavy atom. The van der Waals surface area contributed by atoms with E-state index < -0.39 is 0 Å². The predicted molar refractivity (Wildman–Crippen MR) is 150 cm³/mol. The molecule has 2 fully saturated rings. The van der Waals surface area contributed by atoms with Crippen molar-refractivity contribution in [3.8, 4) is 22.5 Å². The monoisotopic (exact) mass is 520 g/mol. The lowest BCUT2D eigenvalue weighted by Crippen LogP contribution is -2.54. The fraction of sp³-hybridized carbons (Fsp3) is 0.290. The maximum atomic E-state index is 13.7. The van der Waals surface area contributed by atoms with Crippen molar-refractivity contribution >= 4 is 11.8 Å². The van der Waals surface area contributed by atoms with Crippen LogP contribution in [0.2, 0.25) is 0 Å². The molecule has 2 aliphatic rings. The average Bonchev–Trinajstić information content (AvgIpc) is 3.56. The molecule has 0 saturated carbocycles. The van der Waals surface area contributed by atoms with Gasteiger partial charge in [-0.05, 0) is 25.0 Å². The molecule has 0 spiro atoms. The normalized spacial score (nSPS) is 16.8. The number of benzene rings is 2. The lowest BCUT2D eigenvalue weighted by molar-refractivity contribution is 0.0408. The molecule has 2 aromatic heterocycles. The first-order chi connectivity index (χ1) is 19.2. The summed E-state index contributed by atoms with van der Waals surface area (Å²) in [7, 11) is 0. The first-order valence-electron chi connectivity index (χ1n) is 13.6. The van der Waals surface area contributed by atoms with Gasteiger partial charge in [-0.1, -0.05) is 60.7 Å². The van der Waals surface area contributed by atoms with Crippen LogP contribution >= 0.6 is 0 Å². The van der Waals surface area contributed by atoms with E-state index in [9.17, 15) is 9.59 Å². The van der Waals surface area contributed by atoms with Crippen LogP contribution in [0.15, 0.2) is 85.2 Å². The van der Waals surface area contributed by atoms with Gasteiger partial charge in [-0.15, -0.1) is 0 Å². The minimum atomic E-state index is -0.0315. The van der Waals surface area contributed by atoms with Gasteiger partial charge in [-0.2, -0.15) is 0 Å². The van der Waals surface area contributed by atoms with Gasteiger partial charge in [0.05, 0.1) is 11.4 Å². The lowest BCUT2D eigenvalue weighted by Gasteiger charge is -2.42. The van der Waals surface area contributed by atoms with Gasteiger partial charge in [-0.3, -0.25) is 14.5 Å². The molecule has 198 valence electrons. The van der Waals surface area contributed by atoms with E-state index in [1.807, 2.05) is 82.6 Å². The van der Waals surface area contributed by atoms with Crippen LogP contribution < -0.4 is 0 Å². The van der Waals surface area contributed by atoms with Crippen LogP contribution in [-0.4, -0.2) is 86.8 Å². The largest absolute Gasteiger partial charge is 0.341 e. The number of likely N-dealkylation sites (tertiary alicyclic amines) is 1. The van der Waals surface area contributed by atoms with E-state index in [-0.39, 0.29) is 11.8 Å². The number of aromatic nitrogens is 3. The van der Waals surface area contributed by atoms with Crippen molar-refractivity contribution < 1.29 is 9.59 Å². The molecule has 6 rings (SSSR count). The Morgan fingerprint density at radius 1 is 0.718 bits per heavy atom. The highest BCUT2D eigenvalue weighted by molar-refractivity contribution is 5.96. The van der Waals surface area contributed by atoms with E-state index in [0.29, 0.717) is 30.5 Å². The third-order valence-electron chi connectivity index (χ3n) is 7.78. The Labute approximate surface area is 228 Å². The van der Waals surface area contributed by atoms with Crippen molar-refractivity contribution in [1.82, 2.24) is 29.7 Å². The number of carbonyl (C=O) groups is 2. The van der Waals surface area contributed by atoms with Crippen molar-refractivity contribution in [1.29, 1.82) is 0 Å². The van der Waals surface area contributed by atoms with Gasteiger partial charge in [0.1, 0.15) is 0 Å². The lowest BCUT2D eigenvalue weighted by atomic mass is 10.0. The Kier molecular flexibility index (Phi) is 7.19. The maximum absolute atomic E-state index is 13.7. The Bertz CT molecular complexity index is 1350. The van der Waals surface area contributed by atoms with Crippen LogP contribution in [0.1, 0.15) is 33.8 Å². The van der Waals surface area contributed by atoms with Crippen molar-refractivity contribution in [3.63, 3.8) is 0 Å². The molecule has 0 unspecified atom stereocenters. The topological polar surface area (TPSA) is 85.4 Å². The fourth-order valence-electron chi connectivity index (χ4n) is 5.61. The fourth-order valence-corrected chi connectivity index (χ4v) is 5.61. The number of carbonyl (C=O) groups excluding carboxylic acids is 2. The summed E-state index contributed by atoms with van der Waals surface area (Å²) >= 11 is 0. The molecule has 0 aliphatic carbocycles. The molecule has 2 saturated heterocycles. The van der Waals surface area contributed by atoms with Crippen molar-refractivity contribution in [2.24, 2.45) is 0 Å². The molecule has 0 radical (unpaired) electrons. The van der Waals surface area contributed by atoms with Crippen molar-refractivity contribution in [2.75, 3.05) is 39.3 Å². The first-order valence-corrected chi connectivity index (χ1v) is 13.6. The van der Waals surface area contributed by atoms with Crippen LogP contribution in [0.4, 0.5) is 0 Å². The third kappa shape index (κ3) is 5.47. The standard InChI is InChI=1S/C31H32N6O2/c38-30(25-21-27(23-7-3-1-4-8-23)34-28(22-25)24-9-5-2-6-10-24)37-19-17-35(18-20-37)26-11-15-36(16-12-26)31(39)29-32-13-14-33-29/h1-10,13-14,21-22,26H,11-12,15-20H2,(H,32,33). The van der Waals surface area contributed by atoms with Gasteiger partial charge < -0.3 is 14.8 Å². The van der Waals surface area contributed by atoms with Gasteiger partial charge in [-0.25, -0.2) is 9.97 Å². The molecule has 4 heterocycles. The van der Waals surface area contributed by atoms with Gasteiger partial charge >= 0.3 is 0 Å². The van der Waals surface area contributed by atoms with Crippen LogP contribution in [0, 0.1) is 0 Å².